The summed E-state index contributed by atoms with van der Waals surface area (Å²) in [6.45, 7) is 5.00. The summed E-state index contributed by atoms with van der Waals surface area (Å²) in [7, 11) is 0. The summed E-state index contributed by atoms with van der Waals surface area (Å²) in [6.07, 6.45) is 0.772. The summed E-state index contributed by atoms with van der Waals surface area (Å²) in [5.74, 6) is -0.964. The van der Waals surface area contributed by atoms with E-state index in [9.17, 15) is 9.59 Å². The summed E-state index contributed by atoms with van der Waals surface area (Å²) in [5, 5.41) is 14.5. The van der Waals surface area contributed by atoms with Gasteiger partial charge in [0.05, 0.1) is 12.3 Å². The number of rotatable bonds is 4. The average molecular weight is 214 g/mol. The zero-order chi connectivity index (χ0) is 11.5. The molecule has 15 heavy (non-hydrogen) atoms. The van der Waals surface area contributed by atoms with Crippen molar-refractivity contribution in [2.45, 2.75) is 32.2 Å². The Balaban J connectivity index is 2.44. The minimum Gasteiger partial charge on any atom is -0.481 e. The van der Waals surface area contributed by atoms with Crippen LogP contribution in [-0.2, 0) is 9.59 Å². The largest absolute Gasteiger partial charge is 0.481 e. The highest BCUT2D eigenvalue weighted by Crippen LogP contribution is 2.13. The van der Waals surface area contributed by atoms with Crippen LogP contribution in [0.4, 0.5) is 0 Å². The van der Waals surface area contributed by atoms with E-state index < -0.39 is 11.5 Å². The summed E-state index contributed by atoms with van der Waals surface area (Å²) < 4.78 is 0. The van der Waals surface area contributed by atoms with E-state index in [-0.39, 0.29) is 18.2 Å². The molecule has 1 aliphatic heterocycles. The molecule has 1 atom stereocenters. The highest BCUT2D eigenvalue weighted by molar-refractivity contribution is 5.80. The molecule has 5 nitrogen and oxygen atoms in total. The Morgan fingerprint density at radius 1 is 1.53 bits per heavy atom. The number of carboxylic acid groups (broad SMARTS) is 1. The monoisotopic (exact) mass is 214 g/mol. The maximum Gasteiger partial charge on any atom is 0.305 e. The van der Waals surface area contributed by atoms with Gasteiger partial charge in [0.25, 0.3) is 0 Å². The first-order valence-electron chi connectivity index (χ1n) is 5.15. The van der Waals surface area contributed by atoms with Crippen LogP contribution in [0.2, 0.25) is 0 Å². The molecule has 1 amide bonds. The predicted molar refractivity (Wildman–Crippen MR) is 55.5 cm³/mol. The molecule has 3 N–H and O–H groups in total. The van der Waals surface area contributed by atoms with Crippen molar-refractivity contribution in [2.75, 3.05) is 13.1 Å². The van der Waals surface area contributed by atoms with Gasteiger partial charge >= 0.3 is 5.97 Å². The molecule has 1 aliphatic rings. The second kappa shape index (κ2) is 4.61. The Morgan fingerprint density at radius 2 is 2.20 bits per heavy atom. The first kappa shape index (κ1) is 12.0. The Morgan fingerprint density at radius 3 is 2.67 bits per heavy atom. The van der Waals surface area contributed by atoms with Gasteiger partial charge < -0.3 is 15.7 Å². The van der Waals surface area contributed by atoms with Gasteiger partial charge in [-0.15, -0.1) is 0 Å². The Hall–Kier alpha value is -1.10. The smallest absolute Gasteiger partial charge is 0.305 e. The number of carbonyl (C=O) groups is 2. The van der Waals surface area contributed by atoms with E-state index in [1.165, 1.54) is 0 Å². The van der Waals surface area contributed by atoms with Crippen molar-refractivity contribution in [3.63, 3.8) is 0 Å². The van der Waals surface area contributed by atoms with Crippen LogP contribution < -0.4 is 10.6 Å². The van der Waals surface area contributed by atoms with Crippen LogP contribution in [-0.4, -0.2) is 35.6 Å². The van der Waals surface area contributed by atoms with Crippen LogP contribution >= 0.6 is 0 Å². The number of nitrogens with one attached hydrogen (secondary N) is 2. The molecule has 1 unspecified atom stereocenters. The third-order valence-corrected chi connectivity index (χ3v) is 2.49. The molecule has 0 aromatic heterocycles. The lowest BCUT2D eigenvalue weighted by atomic mass is 9.98. The van der Waals surface area contributed by atoms with Crippen molar-refractivity contribution in [3.05, 3.63) is 0 Å². The fourth-order valence-corrected chi connectivity index (χ4v) is 1.74. The maximum atomic E-state index is 11.7. The lowest BCUT2D eigenvalue weighted by molar-refractivity contribution is -0.138. The topological polar surface area (TPSA) is 78.4 Å². The number of aliphatic carboxylic acids is 1. The zero-order valence-corrected chi connectivity index (χ0v) is 9.17. The number of carbonyl (C=O) groups excluding carboxylic acids is 1. The van der Waals surface area contributed by atoms with Crippen molar-refractivity contribution in [1.82, 2.24) is 10.6 Å². The highest BCUT2D eigenvalue weighted by Gasteiger charge is 2.29. The Labute approximate surface area is 89.2 Å². The SMILES string of the molecule is CC(C)(CC(=O)O)NC(=O)C1CCNC1. The van der Waals surface area contributed by atoms with Gasteiger partial charge in [-0.2, -0.15) is 0 Å². The highest BCUT2D eigenvalue weighted by atomic mass is 16.4. The van der Waals surface area contributed by atoms with E-state index in [2.05, 4.69) is 10.6 Å². The fourth-order valence-electron chi connectivity index (χ4n) is 1.74. The van der Waals surface area contributed by atoms with Crippen molar-refractivity contribution in [2.24, 2.45) is 5.92 Å². The first-order valence-corrected chi connectivity index (χ1v) is 5.15. The third kappa shape index (κ3) is 3.87. The molecular weight excluding hydrogens is 196 g/mol. The number of amides is 1. The number of carboxylic acids is 1. The fraction of sp³-hybridized carbons (Fsp3) is 0.800. The molecule has 1 heterocycles. The van der Waals surface area contributed by atoms with Gasteiger partial charge in [0.2, 0.25) is 5.91 Å². The van der Waals surface area contributed by atoms with E-state index in [1.54, 1.807) is 13.8 Å². The normalized spacial score (nSPS) is 21.3. The minimum absolute atomic E-state index is 0.0157. The van der Waals surface area contributed by atoms with E-state index >= 15 is 0 Å². The van der Waals surface area contributed by atoms with Crippen LogP contribution in [0, 0.1) is 5.92 Å². The van der Waals surface area contributed by atoms with Crippen molar-refractivity contribution >= 4 is 11.9 Å². The minimum atomic E-state index is -0.898. The van der Waals surface area contributed by atoms with Gasteiger partial charge in [-0.3, -0.25) is 9.59 Å². The van der Waals surface area contributed by atoms with E-state index in [0.29, 0.717) is 6.54 Å². The molecule has 0 aromatic carbocycles. The summed E-state index contributed by atoms with van der Waals surface area (Å²) >= 11 is 0. The molecule has 5 heteroatoms. The Bertz CT molecular complexity index is 257. The molecule has 1 saturated heterocycles. The van der Waals surface area contributed by atoms with Crippen LogP contribution in [0.5, 0.6) is 0 Å². The quantitative estimate of drug-likeness (QED) is 0.614. The average Bonchev–Trinajstić information content (AvgIpc) is 2.50. The molecule has 86 valence electrons. The van der Waals surface area contributed by atoms with Gasteiger partial charge in [0, 0.05) is 12.1 Å². The van der Waals surface area contributed by atoms with Gasteiger partial charge in [-0.05, 0) is 26.8 Å². The van der Waals surface area contributed by atoms with E-state index in [4.69, 9.17) is 5.11 Å². The van der Waals surface area contributed by atoms with Gasteiger partial charge in [-0.25, -0.2) is 0 Å². The lowest BCUT2D eigenvalue weighted by Gasteiger charge is -2.25. The molecule has 0 radical (unpaired) electrons. The molecule has 0 aromatic rings. The summed E-state index contributed by atoms with van der Waals surface area (Å²) in [6, 6.07) is 0. The number of hydrogen-bond acceptors (Lipinski definition) is 3. The van der Waals surface area contributed by atoms with Crippen molar-refractivity contribution in [3.8, 4) is 0 Å². The standard InChI is InChI=1S/C10H18N2O3/c1-10(2,5-8(13)14)12-9(15)7-3-4-11-6-7/h7,11H,3-6H2,1-2H3,(H,12,15)(H,13,14). The molecule has 1 rings (SSSR count). The molecule has 0 aliphatic carbocycles. The second-order valence-electron chi connectivity index (χ2n) is 4.63. The first-order chi connectivity index (χ1) is 6.91. The van der Waals surface area contributed by atoms with Crippen LogP contribution in [0.3, 0.4) is 0 Å². The molecule has 0 spiro atoms. The predicted octanol–water partition coefficient (Wildman–Crippen LogP) is -0.0346. The molecule has 0 saturated carbocycles. The van der Waals surface area contributed by atoms with Gasteiger partial charge in [0.1, 0.15) is 0 Å². The Kier molecular flexibility index (Phi) is 3.68. The van der Waals surface area contributed by atoms with Crippen LogP contribution in [0.1, 0.15) is 26.7 Å². The van der Waals surface area contributed by atoms with Crippen LogP contribution in [0.15, 0.2) is 0 Å². The number of hydrogen-bond donors (Lipinski definition) is 3. The summed E-state index contributed by atoms with van der Waals surface area (Å²) in [5.41, 5.74) is -0.675. The molecule has 0 bridgehead atoms. The molecular formula is C10H18N2O3. The van der Waals surface area contributed by atoms with Crippen molar-refractivity contribution < 1.29 is 14.7 Å². The maximum absolute atomic E-state index is 11.7. The van der Waals surface area contributed by atoms with Gasteiger partial charge in [0.15, 0.2) is 0 Å². The molecule has 1 fully saturated rings. The zero-order valence-electron chi connectivity index (χ0n) is 9.17. The van der Waals surface area contributed by atoms with Gasteiger partial charge in [-0.1, -0.05) is 0 Å². The van der Waals surface area contributed by atoms with E-state index in [0.717, 1.165) is 13.0 Å². The second-order valence-corrected chi connectivity index (χ2v) is 4.63. The van der Waals surface area contributed by atoms with E-state index in [1.807, 2.05) is 0 Å². The lowest BCUT2D eigenvalue weighted by Crippen LogP contribution is -2.47. The van der Waals surface area contributed by atoms with Crippen molar-refractivity contribution in [1.29, 1.82) is 0 Å². The third-order valence-electron chi connectivity index (χ3n) is 2.49. The summed E-state index contributed by atoms with van der Waals surface area (Å²) in [4.78, 5) is 22.3. The van der Waals surface area contributed by atoms with Crippen LogP contribution in [0.25, 0.3) is 0 Å².